The van der Waals surface area contributed by atoms with E-state index in [1.165, 1.54) is 0 Å². The van der Waals surface area contributed by atoms with Crippen LogP contribution in [0.25, 0.3) is 21.9 Å². The minimum Gasteiger partial charge on any atom is -0.460 e. The van der Waals surface area contributed by atoms with Crippen molar-refractivity contribution in [2.75, 3.05) is 50.0 Å². The van der Waals surface area contributed by atoms with Crippen LogP contribution in [0.4, 0.5) is 11.5 Å². The maximum absolute atomic E-state index is 12.3. The van der Waals surface area contributed by atoms with Crippen molar-refractivity contribution in [3.8, 4) is 0 Å². The molecule has 3 N–H and O–H groups in total. The van der Waals surface area contributed by atoms with Gasteiger partial charge in [-0.05, 0) is 64.7 Å². The molecule has 9 heteroatoms. The van der Waals surface area contributed by atoms with Crippen molar-refractivity contribution in [2.45, 2.75) is 92.3 Å². The predicted molar refractivity (Wildman–Crippen MR) is 167 cm³/mol. The van der Waals surface area contributed by atoms with Crippen molar-refractivity contribution in [1.82, 2.24) is 19.9 Å². The number of pyridine rings is 1. The summed E-state index contributed by atoms with van der Waals surface area (Å²) in [7, 11) is 0. The Labute approximate surface area is 245 Å². The van der Waals surface area contributed by atoms with E-state index < -0.39 is 5.60 Å². The molecule has 1 aliphatic rings. The Morgan fingerprint density at radius 2 is 1.76 bits per heavy atom. The Balaban J connectivity index is 1.33. The summed E-state index contributed by atoms with van der Waals surface area (Å²) in [5.41, 5.74) is 9.01. The number of aryl methyl sites for hydroxylation is 1. The SMILES string of the molecule is CCCCc1nc2c([nH]1)c(N)nc1cc(N3CCN(CC(C)(C)OCC(C)(C)CC(=O)OC(C)(C)C)CC3)ccc12. The first-order valence-electron chi connectivity index (χ1n) is 15.1. The monoisotopic (exact) mass is 566 g/mol. The van der Waals surface area contributed by atoms with Crippen LogP contribution in [0.15, 0.2) is 18.2 Å². The van der Waals surface area contributed by atoms with E-state index in [1.807, 2.05) is 20.8 Å². The quantitative estimate of drug-likeness (QED) is 0.284. The second-order valence-corrected chi connectivity index (χ2v) is 13.9. The van der Waals surface area contributed by atoms with E-state index in [2.05, 4.69) is 67.6 Å². The standard InChI is InChI=1S/C32H50N6O3/c1-9-10-11-25-35-27-23-13-12-22(18-24(23)34-29(33)28(27)36-25)38-16-14-37(15-17-38)20-32(7,8)40-21-31(5,6)19-26(39)41-30(2,3)4/h12-13,18H,9-11,14-17,19-21H2,1-8H3,(H2,33,34)(H,35,36). The molecule has 0 radical (unpaired) electrons. The number of hydrogen-bond donors (Lipinski definition) is 2. The molecule has 1 fully saturated rings. The minimum atomic E-state index is -0.476. The van der Waals surface area contributed by atoms with Crippen LogP contribution in [0, 0.1) is 5.41 Å². The fraction of sp³-hybridized carbons (Fsp3) is 0.656. The molecule has 0 spiro atoms. The third-order valence-corrected chi connectivity index (χ3v) is 7.49. The van der Waals surface area contributed by atoms with Crippen LogP contribution in [0.1, 0.15) is 80.5 Å². The number of hydrogen-bond acceptors (Lipinski definition) is 8. The Kier molecular flexibility index (Phi) is 9.19. The number of ether oxygens (including phenoxy) is 2. The molecule has 41 heavy (non-hydrogen) atoms. The van der Waals surface area contributed by atoms with Crippen LogP contribution in [-0.4, -0.2) is 76.4 Å². The summed E-state index contributed by atoms with van der Waals surface area (Å²) in [6, 6.07) is 6.45. The van der Waals surface area contributed by atoms with Gasteiger partial charge in [0.25, 0.3) is 0 Å². The normalized spacial score (nSPS) is 15.7. The number of nitrogen functional groups attached to an aromatic ring is 1. The van der Waals surface area contributed by atoms with E-state index in [-0.39, 0.29) is 17.0 Å². The van der Waals surface area contributed by atoms with Gasteiger partial charge in [-0.3, -0.25) is 9.69 Å². The van der Waals surface area contributed by atoms with Crippen LogP contribution in [0.2, 0.25) is 0 Å². The van der Waals surface area contributed by atoms with Gasteiger partial charge in [0.2, 0.25) is 0 Å². The number of rotatable bonds is 11. The van der Waals surface area contributed by atoms with Gasteiger partial charge in [-0.15, -0.1) is 0 Å². The Hall–Kier alpha value is -2.91. The topological polar surface area (TPSA) is 110 Å². The van der Waals surface area contributed by atoms with Gasteiger partial charge in [-0.2, -0.15) is 0 Å². The number of aromatic nitrogens is 3. The van der Waals surface area contributed by atoms with Gasteiger partial charge in [-0.1, -0.05) is 27.2 Å². The highest BCUT2D eigenvalue weighted by Gasteiger charge is 2.31. The van der Waals surface area contributed by atoms with Gasteiger partial charge in [0.15, 0.2) is 0 Å². The number of benzene rings is 1. The molecule has 226 valence electrons. The molecule has 0 aliphatic carbocycles. The van der Waals surface area contributed by atoms with Crippen molar-refractivity contribution in [1.29, 1.82) is 0 Å². The first kappa shape index (κ1) is 31.0. The van der Waals surface area contributed by atoms with Gasteiger partial charge in [0, 0.05) is 50.2 Å². The van der Waals surface area contributed by atoms with Crippen molar-refractivity contribution in [3.63, 3.8) is 0 Å². The fourth-order valence-corrected chi connectivity index (χ4v) is 5.42. The van der Waals surface area contributed by atoms with Crippen LogP contribution >= 0.6 is 0 Å². The highest BCUT2D eigenvalue weighted by atomic mass is 16.6. The van der Waals surface area contributed by atoms with Gasteiger partial charge < -0.3 is 25.1 Å². The lowest BCUT2D eigenvalue weighted by molar-refractivity contribution is -0.159. The zero-order valence-electron chi connectivity index (χ0n) is 26.4. The first-order chi connectivity index (χ1) is 19.1. The van der Waals surface area contributed by atoms with E-state index in [4.69, 9.17) is 25.2 Å². The van der Waals surface area contributed by atoms with Crippen molar-refractivity contribution < 1.29 is 14.3 Å². The smallest absolute Gasteiger partial charge is 0.306 e. The summed E-state index contributed by atoms with van der Waals surface area (Å²) in [6.07, 6.45) is 3.47. The molecule has 0 saturated carbocycles. The second-order valence-electron chi connectivity index (χ2n) is 13.9. The number of unbranched alkanes of at least 4 members (excludes halogenated alkanes) is 1. The van der Waals surface area contributed by atoms with Gasteiger partial charge in [0.05, 0.1) is 24.1 Å². The van der Waals surface area contributed by atoms with E-state index in [0.717, 1.165) is 85.4 Å². The molecule has 0 amide bonds. The number of H-pyrrole nitrogens is 1. The lowest BCUT2D eigenvalue weighted by Crippen LogP contribution is -2.51. The first-order valence-corrected chi connectivity index (χ1v) is 15.1. The third kappa shape index (κ3) is 8.32. The maximum Gasteiger partial charge on any atom is 0.306 e. The lowest BCUT2D eigenvalue weighted by Gasteiger charge is -2.40. The van der Waals surface area contributed by atoms with Crippen molar-refractivity contribution in [2.24, 2.45) is 5.41 Å². The largest absolute Gasteiger partial charge is 0.460 e. The highest BCUT2D eigenvalue weighted by molar-refractivity contribution is 6.06. The number of nitrogens with two attached hydrogens (primary N) is 1. The maximum atomic E-state index is 12.3. The Bertz CT molecular complexity index is 1350. The number of aromatic amines is 1. The molecular weight excluding hydrogens is 516 g/mol. The molecule has 1 saturated heterocycles. The molecule has 1 aliphatic heterocycles. The number of imidazole rings is 1. The molecule has 0 atom stereocenters. The van der Waals surface area contributed by atoms with Gasteiger partial charge >= 0.3 is 5.97 Å². The average Bonchev–Trinajstić information content (AvgIpc) is 3.30. The number of anilines is 2. The zero-order chi connectivity index (χ0) is 30.0. The number of carbonyl (C=O) groups excluding carboxylic acids is 1. The zero-order valence-corrected chi connectivity index (χ0v) is 26.4. The Morgan fingerprint density at radius 3 is 2.41 bits per heavy atom. The van der Waals surface area contributed by atoms with E-state index in [9.17, 15) is 4.79 Å². The van der Waals surface area contributed by atoms with Crippen LogP contribution in [0.3, 0.4) is 0 Å². The lowest BCUT2D eigenvalue weighted by atomic mass is 9.90. The number of nitrogens with one attached hydrogen (secondary N) is 1. The number of carbonyl (C=O) groups is 1. The van der Waals surface area contributed by atoms with Crippen molar-refractivity contribution in [3.05, 3.63) is 24.0 Å². The summed E-state index contributed by atoms with van der Waals surface area (Å²) < 4.78 is 11.9. The molecule has 2 aromatic heterocycles. The van der Waals surface area contributed by atoms with Gasteiger partial charge in [0.1, 0.15) is 28.3 Å². The summed E-state index contributed by atoms with van der Waals surface area (Å²) in [6.45, 7) is 21.3. The number of fused-ring (bicyclic) bond motifs is 3. The van der Waals surface area contributed by atoms with Crippen molar-refractivity contribution >= 4 is 39.4 Å². The van der Waals surface area contributed by atoms with Gasteiger partial charge in [-0.25, -0.2) is 9.97 Å². The second kappa shape index (κ2) is 12.1. The summed E-state index contributed by atoms with van der Waals surface area (Å²) >= 11 is 0. The number of piperazine rings is 1. The van der Waals surface area contributed by atoms with Crippen LogP contribution in [-0.2, 0) is 20.7 Å². The molecule has 9 nitrogen and oxygen atoms in total. The molecule has 0 bridgehead atoms. The highest BCUT2D eigenvalue weighted by Crippen LogP contribution is 2.31. The number of esters is 1. The average molecular weight is 567 g/mol. The predicted octanol–water partition coefficient (Wildman–Crippen LogP) is 5.71. The Morgan fingerprint density at radius 1 is 1.05 bits per heavy atom. The van der Waals surface area contributed by atoms with E-state index in [1.54, 1.807) is 0 Å². The molecule has 1 aromatic carbocycles. The van der Waals surface area contributed by atoms with Crippen LogP contribution in [0.5, 0.6) is 0 Å². The fourth-order valence-electron chi connectivity index (χ4n) is 5.42. The molecular formula is C32H50N6O3. The van der Waals surface area contributed by atoms with Crippen LogP contribution < -0.4 is 10.6 Å². The van der Waals surface area contributed by atoms with E-state index >= 15 is 0 Å². The third-order valence-electron chi connectivity index (χ3n) is 7.49. The molecule has 3 aromatic rings. The van der Waals surface area contributed by atoms with E-state index in [0.29, 0.717) is 18.8 Å². The summed E-state index contributed by atoms with van der Waals surface area (Å²) in [4.78, 5) is 30.2. The molecule has 3 heterocycles. The molecule has 0 unspecified atom stereocenters. The summed E-state index contributed by atoms with van der Waals surface area (Å²) in [5.74, 6) is 1.29. The minimum absolute atomic E-state index is 0.183. The molecule has 4 rings (SSSR count). The number of nitrogens with zero attached hydrogens (tertiary/aromatic N) is 4. The summed E-state index contributed by atoms with van der Waals surface area (Å²) in [5, 5.41) is 1.03.